The molecule has 0 aromatic carbocycles. The van der Waals surface area contributed by atoms with Gasteiger partial charge in [-0.1, -0.05) is 6.92 Å². The predicted molar refractivity (Wildman–Crippen MR) is 79.7 cm³/mol. The Bertz CT molecular complexity index is 385. The van der Waals surface area contributed by atoms with Crippen molar-refractivity contribution in [3.05, 3.63) is 12.4 Å². The second-order valence-corrected chi connectivity index (χ2v) is 5.30. The number of aromatic nitrogens is 2. The van der Waals surface area contributed by atoms with Crippen molar-refractivity contribution in [2.24, 2.45) is 0 Å². The molecule has 0 radical (unpaired) electrons. The van der Waals surface area contributed by atoms with E-state index in [0.717, 1.165) is 50.8 Å². The van der Waals surface area contributed by atoms with E-state index < -0.39 is 0 Å². The molecule has 0 spiro atoms. The number of anilines is 2. The molecule has 0 atom stereocenters. The quantitative estimate of drug-likeness (QED) is 0.878. The number of hydrogen-bond acceptors (Lipinski definition) is 5. The van der Waals surface area contributed by atoms with Gasteiger partial charge in [-0.15, -0.1) is 0 Å². The first-order valence-corrected chi connectivity index (χ1v) is 7.25. The maximum Gasteiger partial charge on any atom is 0.134 e. The van der Waals surface area contributed by atoms with Crippen LogP contribution in [0.15, 0.2) is 12.4 Å². The van der Waals surface area contributed by atoms with Crippen molar-refractivity contribution in [1.82, 2.24) is 14.9 Å². The van der Waals surface area contributed by atoms with Crippen LogP contribution in [0.25, 0.3) is 0 Å². The predicted octanol–water partition coefficient (Wildman–Crippen LogP) is 1.83. The average Bonchev–Trinajstić information content (AvgIpc) is 2.45. The summed E-state index contributed by atoms with van der Waals surface area (Å²) in [5, 5.41) is 3.31. The van der Waals surface area contributed by atoms with E-state index in [1.54, 1.807) is 6.33 Å². The van der Waals surface area contributed by atoms with Gasteiger partial charge in [-0.25, -0.2) is 9.97 Å². The maximum absolute atomic E-state index is 4.40. The van der Waals surface area contributed by atoms with Gasteiger partial charge in [0.1, 0.15) is 18.0 Å². The van der Waals surface area contributed by atoms with Gasteiger partial charge < -0.3 is 10.2 Å². The SMILES string of the molecule is CCCNc1cc(N2CCN(C(C)C)CC2)ncn1. The van der Waals surface area contributed by atoms with Crippen LogP contribution in [-0.2, 0) is 0 Å². The molecule has 0 unspecified atom stereocenters. The lowest BCUT2D eigenvalue weighted by Gasteiger charge is -2.37. The lowest BCUT2D eigenvalue weighted by molar-refractivity contribution is 0.209. The van der Waals surface area contributed by atoms with Crippen molar-refractivity contribution in [3.63, 3.8) is 0 Å². The van der Waals surface area contributed by atoms with Crippen LogP contribution in [-0.4, -0.2) is 53.6 Å². The number of rotatable bonds is 5. The van der Waals surface area contributed by atoms with Gasteiger partial charge >= 0.3 is 0 Å². The molecule has 1 fully saturated rings. The van der Waals surface area contributed by atoms with E-state index >= 15 is 0 Å². The number of nitrogens with one attached hydrogen (secondary N) is 1. The third-order valence-electron chi connectivity index (χ3n) is 3.58. The minimum Gasteiger partial charge on any atom is -0.370 e. The fourth-order valence-electron chi connectivity index (χ4n) is 2.34. The first-order valence-electron chi connectivity index (χ1n) is 7.25. The number of hydrogen-bond donors (Lipinski definition) is 1. The van der Waals surface area contributed by atoms with Gasteiger partial charge in [0.25, 0.3) is 0 Å². The van der Waals surface area contributed by atoms with Gasteiger partial charge in [0.15, 0.2) is 0 Å². The lowest BCUT2D eigenvalue weighted by Crippen LogP contribution is -2.49. The van der Waals surface area contributed by atoms with E-state index in [0.29, 0.717) is 6.04 Å². The van der Waals surface area contributed by atoms with Crippen LogP contribution in [0.5, 0.6) is 0 Å². The second kappa shape index (κ2) is 6.70. The minimum atomic E-state index is 0.634. The zero-order valence-electron chi connectivity index (χ0n) is 12.3. The van der Waals surface area contributed by atoms with Crippen molar-refractivity contribution < 1.29 is 0 Å². The van der Waals surface area contributed by atoms with Crippen molar-refractivity contribution in [2.45, 2.75) is 33.2 Å². The van der Waals surface area contributed by atoms with Crippen molar-refractivity contribution in [2.75, 3.05) is 42.9 Å². The topological polar surface area (TPSA) is 44.3 Å². The first-order chi connectivity index (χ1) is 9.20. The summed E-state index contributed by atoms with van der Waals surface area (Å²) < 4.78 is 0. The molecule has 1 aliphatic heterocycles. The molecule has 0 saturated carbocycles. The smallest absolute Gasteiger partial charge is 0.134 e. The Morgan fingerprint density at radius 2 is 1.95 bits per heavy atom. The van der Waals surface area contributed by atoms with Gasteiger partial charge in [-0.05, 0) is 20.3 Å². The van der Waals surface area contributed by atoms with Gasteiger partial charge in [-0.3, -0.25) is 4.90 Å². The van der Waals surface area contributed by atoms with Crippen molar-refractivity contribution >= 4 is 11.6 Å². The Balaban J connectivity index is 1.95. The Kier molecular flexibility index (Phi) is 4.96. The zero-order chi connectivity index (χ0) is 13.7. The summed E-state index contributed by atoms with van der Waals surface area (Å²) in [7, 11) is 0. The van der Waals surface area contributed by atoms with Crippen molar-refractivity contribution in [3.8, 4) is 0 Å². The van der Waals surface area contributed by atoms with Gasteiger partial charge in [0.05, 0.1) is 0 Å². The van der Waals surface area contributed by atoms with Crippen LogP contribution >= 0.6 is 0 Å². The van der Waals surface area contributed by atoms with Gasteiger partial charge in [0, 0.05) is 44.8 Å². The van der Waals surface area contributed by atoms with E-state index in [-0.39, 0.29) is 0 Å². The minimum absolute atomic E-state index is 0.634. The second-order valence-electron chi connectivity index (χ2n) is 5.30. The Morgan fingerprint density at radius 1 is 1.21 bits per heavy atom. The summed E-state index contributed by atoms with van der Waals surface area (Å²) in [6.45, 7) is 11.9. The van der Waals surface area contributed by atoms with Gasteiger partial charge in [-0.2, -0.15) is 0 Å². The van der Waals surface area contributed by atoms with Crippen LogP contribution in [0.1, 0.15) is 27.2 Å². The normalized spacial score (nSPS) is 16.9. The van der Waals surface area contributed by atoms with E-state index in [4.69, 9.17) is 0 Å². The summed E-state index contributed by atoms with van der Waals surface area (Å²) in [6, 6.07) is 2.69. The van der Waals surface area contributed by atoms with Crippen LogP contribution in [0, 0.1) is 0 Å². The third kappa shape index (κ3) is 3.80. The molecule has 5 heteroatoms. The molecule has 2 heterocycles. The zero-order valence-corrected chi connectivity index (χ0v) is 12.3. The van der Waals surface area contributed by atoms with Crippen molar-refractivity contribution in [1.29, 1.82) is 0 Å². The maximum atomic E-state index is 4.40. The molecule has 1 aliphatic rings. The first kappa shape index (κ1) is 14.1. The lowest BCUT2D eigenvalue weighted by atomic mass is 10.2. The average molecular weight is 263 g/mol. The standard InChI is InChI=1S/C14H25N5/c1-4-5-15-13-10-14(17-11-16-13)19-8-6-18(7-9-19)12(2)3/h10-12H,4-9H2,1-3H3,(H,15,16,17). The van der Waals surface area contributed by atoms with E-state index in [9.17, 15) is 0 Å². The summed E-state index contributed by atoms with van der Waals surface area (Å²) >= 11 is 0. The molecule has 0 amide bonds. The Hall–Kier alpha value is -1.36. The highest BCUT2D eigenvalue weighted by Crippen LogP contribution is 2.16. The molecule has 2 rings (SSSR count). The fraction of sp³-hybridized carbons (Fsp3) is 0.714. The van der Waals surface area contributed by atoms with Crippen LogP contribution < -0.4 is 10.2 Å². The Labute approximate surface area is 116 Å². The van der Waals surface area contributed by atoms with E-state index in [1.807, 2.05) is 0 Å². The fourth-order valence-corrected chi connectivity index (χ4v) is 2.34. The molecule has 1 N–H and O–H groups in total. The highest BCUT2D eigenvalue weighted by Gasteiger charge is 2.19. The molecule has 19 heavy (non-hydrogen) atoms. The van der Waals surface area contributed by atoms with Crippen LogP contribution in [0.3, 0.4) is 0 Å². The summed E-state index contributed by atoms with van der Waals surface area (Å²) in [4.78, 5) is 13.5. The van der Waals surface area contributed by atoms with E-state index in [1.165, 1.54) is 0 Å². The molecule has 1 aromatic rings. The third-order valence-corrected chi connectivity index (χ3v) is 3.58. The molecule has 1 saturated heterocycles. The molecular formula is C14H25N5. The molecule has 0 aliphatic carbocycles. The molecule has 106 valence electrons. The molecule has 5 nitrogen and oxygen atoms in total. The van der Waals surface area contributed by atoms with E-state index in [2.05, 4.69) is 51.9 Å². The molecule has 0 bridgehead atoms. The summed E-state index contributed by atoms with van der Waals surface area (Å²) in [5.74, 6) is 1.97. The molecule has 1 aromatic heterocycles. The van der Waals surface area contributed by atoms with Gasteiger partial charge in [0.2, 0.25) is 0 Å². The monoisotopic (exact) mass is 263 g/mol. The highest BCUT2D eigenvalue weighted by atomic mass is 15.3. The summed E-state index contributed by atoms with van der Waals surface area (Å²) in [6.07, 6.45) is 2.76. The summed E-state index contributed by atoms with van der Waals surface area (Å²) in [5.41, 5.74) is 0. The highest BCUT2D eigenvalue weighted by molar-refractivity contribution is 5.48. The van der Waals surface area contributed by atoms with Crippen LogP contribution in [0.2, 0.25) is 0 Å². The Morgan fingerprint density at radius 3 is 2.58 bits per heavy atom. The largest absolute Gasteiger partial charge is 0.370 e. The van der Waals surface area contributed by atoms with Crippen LogP contribution in [0.4, 0.5) is 11.6 Å². The molecular weight excluding hydrogens is 238 g/mol. The number of piperazine rings is 1. The number of nitrogens with zero attached hydrogens (tertiary/aromatic N) is 4.